The van der Waals surface area contributed by atoms with E-state index in [0.29, 0.717) is 0 Å². The number of aryl methyl sites for hydroxylation is 1. The minimum atomic E-state index is -0.414. The second-order valence-electron chi connectivity index (χ2n) is 6.76. The van der Waals surface area contributed by atoms with Crippen LogP contribution in [0.1, 0.15) is 45.1 Å². The zero-order chi connectivity index (χ0) is 14.4. The SMILES string of the molecule is CC(C)CN1CCC(O)(CCCc2ccccc2)CC1. The second-order valence-corrected chi connectivity index (χ2v) is 6.76. The van der Waals surface area contributed by atoms with Crippen LogP contribution in [0.2, 0.25) is 0 Å². The summed E-state index contributed by atoms with van der Waals surface area (Å²) in [5, 5.41) is 10.7. The highest BCUT2D eigenvalue weighted by atomic mass is 16.3. The number of piperidine rings is 1. The van der Waals surface area contributed by atoms with E-state index in [9.17, 15) is 5.11 Å². The van der Waals surface area contributed by atoms with Gasteiger partial charge in [0.25, 0.3) is 0 Å². The summed E-state index contributed by atoms with van der Waals surface area (Å²) in [6.07, 6.45) is 4.99. The van der Waals surface area contributed by atoms with Crippen molar-refractivity contribution in [2.75, 3.05) is 19.6 Å². The molecule has 1 aromatic carbocycles. The Bertz CT molecular complexity index is 380. The first-order valence-electron chi connectivity index (χ1n) is 8.06. The van der Waals surface area contributed by atoms with Crippen molar-refractivity contribution < 1.29 is 5.11 Å². The average molecular weight is 275 g/mol. The molecule has 20 heavy (non-hydrogen) atoms. The molecule has 0 saturated carbocycles. The number of hydrogen-bond acceptors (Lipinski definition) is 2. The van der Waals surface area contributed by atoms with Gasteiger partial charge in [0, 0.05) is 19.6 Å². The Morgan fingerprint density at radius 1 is 1.15 bits per heavy atom. The Hall–Kier alpha value is -0.860. The molecule has 1 heterocycles. The molecule has 0 atom stereocenters. The molecule has 0 spiro atoms. The first-order chi connectivity index (χ1) is 9.57. The standard InChI is InChI=1S/C18H29NO/c1-16(2)15-19-13-11-18(20,12-14-19)10-6-9-17-7-4-3-5-8-17/h3-5,7-8,16,20H,6,9-15H2,1-2H3. The predicted octanol–water partition coefficient (Wildman–Crippen LogP) is 3.49. The lowest BCUT2D eigenvalue weighted by atomic mass is 9.86. The molecule has 0 bridgehead atoms. The summed E-state index contributed by atoms with van der Waals surface area (Å²) < 4.78 is 0. The van der Waals surface area contributed by atoms with E-state index in [-0.39, 0.29) is 0 Å². The van der Waals surface area contributed by atoms with Crippen LogP contribution in [0.4, 0.5) is 0 Å². The first kappa shape index (κ1) is 15.5. The maximum atomic E-state index is 10.7. The molecular weight excluding hydrogens is 246 g/mol. The van der Waals surface area contributed by atoms with Gasteiger partial charge in [-0.1, -0.05) is 44.2 Å². The first-order valence-corrected chi connectivity index (χ1v) is 8.06. The van der Waals surface area contributed by atoms with E-state index in [1.807, 2.05) is 0 Å². The third kappa shape index (κ3) is 4.92. The van der Waals surface area contributed by atoms with Crippen LogP contribution in [0, 0.1) is 5.92 Å². The average Bonchev–Trinajstić information content (AvgIpc) is 2.42. The number of aliphatic hydroxyl groups is 1. The monoisotopic (exact) mass is 275 g/mol. The quantitative estimate of drug-likeness (QED) is 0.859. The van der Waals surface area contributed by atoms with Crippen molar-refractivity contribution in [3.63, 3.8) is 0 Å². The van der Waals surface area contributed by atoms with Crippen LogP contribution in [-0.4, -0.2) is 35.2 Å². The fourth-order valence-corrected chi connectivity index (χ4v) is 3.18. The van der Waals surface area contributed by atoms with Gasteiger partial charge in [-0.25, -0.2) is 0 Å². The summed E-state index contributed by atoms with van der Waals surface area (Å²) in [6, 6.07) is 10.6. The molecule has 1 fully saturated rings. The molecule has 2 rings (SSSR count). The Morgan fingerprint density at radius 2 is 1.80 bits per heavy atom. The molecule has 0 aromatic heterocycles. The lowest BCUT2D eigenvalue weighted by molar-refractivity contribution is -0.0307. The fraction of sp³-hybridized carbons (Fsp3) is 0.667. The number of likely N-dealkylation sites (tertiary alicyclic amines) is 1. The minimum absolute atomic E-state index is 0.414. The van der Waals surface area contributed by atoms with Crippen molar-refractivity contribution in [1.82, 2.24) is 4.90 Å². The van der Waals surface area contributed by atoms with E-state index in [4.69, 9.17) is 0 Å². The van der Waals surface area contributed by atoms with E-state index in [1.54, 1.807) is 0 Å². The van der Waals surface area contributed by atoms with Crippen LogP contribution in [0.5, 0.6) is 0 Å². The van der Waals surface area contributed by atoms with Crippen molar-refractivity contribution in [3.8, 4) is 0 Å². The van der Waals surface area contributed by atoms with Crippen LogP contribution in [0.3, 0.4) is 0 Å². The smallest absolute Gasteiger partial charge is 0.0672 e. The molecule has 0 unspecified atom stereocenters. The second kappa shape index (κ2) is 7.24. The lowest BCUT2D eigenvalue weighted by Gasteiger charge is -2.39. The summed E-state index contributed by atoms with van der Waals surface area (Å²) in [6.45, 7) is 7.81. The van der Waals surface area contributed by atoms with Crippen molar-refractivity contribution in [2.45, 2.75) is 51.6 Å². The van der Waals surface area contributed by atoms with E-state index in [0.717, 1.165) is 51.1 Å². The summed E-state index contributed by atoms with van der Waals surface area (Å²) >= 11 is 0. The van der Waals surface area contributed by atoms with E-state index >= 15 is 0 Å². The number of benzene rings is 1. The van der Waals surface area contributed by atoms with Crippen LogP contribution < -0.4 is 0 Å². The molecule has 2 heteroatoms. The van der Waals surface area contributed by atoms with Crippen molar-refractivity contribution >= 4 is 0 Å². The van der Waals surface area contributed by atoms with Crippen LogP contribution >= 0.6 is 0 Å². The summed E-state index contributed by atoms with van der Waals surface area (Å²) in [4.78, 5) is 2.50. The number of nitrogens with zero attached hydrogens (tertiary/aromatic N) is 1. The predicted molar refractivity (Wildman–Crippen MR) is 84.8 cm³/mol. The van der Waals surface area contributed by atoms with Gasteiger partial charge in [-0.2, -0.15) is 0 Å². The minimum Gasteiger partial charge on any atom is -0.390 e. The van der Waals surface area contributed by atoms with Crippen LogP contribution in [0.25, 0.3) is 0 Å². The third-order valence-electron chi connectivity index (χ3n) is 4.36. The van der Waals surface area contributed by atoms with Gasteiger partial charge in [-0.3, -0.25) is 0 Å². The Labute approximate surface area is 123 Å². The highest BCUT2D eigenvalue weighted by molar-refractivity contribution is 5.14. The molecule has 0 radical (unpaired) electrons. The van der Waals surface area contributed by atoms with E-state index in [2.05, 4.69) is 49.1 Å². The molecule has 1 aromatic rings. The third-order valence-corrected chi connectivity index (χ3v) is 4.36. The van der Waals surface area contributed by atoms with Gasteiger partial charge in [0.15, 0.2) is 0 Å². The highest BCUT2D eigenvalue weighted by Gasteiger charge is 2.31. The highest BCUT2D eigenvalue weighted by Crippen LogP contribution is 2.28. The van der Waals surface area contributed by atoms with Gasteiger partial charge >= 0.3 is 0 Å². The normalized spacial score (nSPS) is 19.4. The van der Waals surface area contributed by atoms with Gasteiger partial charge in [-0.05, 0) is 43.6 Å². The molecule has 0 amide bonds. The molecule has 2 nitrogen and oxygen atoms in total. The Morgan fingerprint density at radius 3 is 2.40 bits per heavy atom. The zero-order valence-corrected chi connectivity index (χ0v) is 13.0. The zero-order valence-electron chi connectivity index (χ0n) is 13.0. The van der Waals surface area contributed by atoms with Gasteiger partial charge in [0.2, 0.25) is 0 Å². The van der Waals surface area contributed by atoms with Crippen molar-refractivity contribution in [1.29, 1.82) is 0 Å². The van der Waals surface area contributed by atoms with Crippen LogP contribution in [0.15, 0.2) is 30.3 Å². The van der Waals surface area contributed by atoms with E-state index in [1.165, 1.54) is 12.1 Å². The lowest BCUT2D eigenvalue weighted by Crippen LogP contribution is -2.45. The Kier molecular flexibility index (Phi) is 5.62. The molecule has 1 aliphatic rings. The van der Waals surface area contributed by atoms with Crippen LogP contribution in [-0.2, 0) is 6.42 Å². The maximum absolute atomic E-state index is 10.7. The number of hydrogen-bond donors (Lipinski definition) is 1. The molecule has 1 aliphatic heterocycles. The summed E-state index contributed by atoms with van der Waals surface area (Å²) in [7, 11) is 0. The van der Waals surface area contributed by atoms with E-state index < -0.39 is 5.60 Å². The topological polar surface area (TPSA) is 23.5 Å². The van der Waals surface area contributed by atoms with Gasteiger partial charge in [0.1, 0.15) is 0 Å². The molecule has 0 aliphatic carbocycles. The molecular formula is C18H29NO. The maximum Gasteiger partial charge on any atom is 0.0672 e. The number of rotatable bonds is 6. The summed E-state index contributed by atoms with van der Waals surface area (Å²) in [5.74, 6) is 0.722. The van der Waals surface area contributed by atoms with Crippen molar-refractivity contribution in [3.05, 3.63) is 35.9 Å². The van der Waals surface area contributed by atoms with Gasteiger partial charge in [0.05, 0.1) is 5.60 Å². The summed E-state index contributed by atoms with van der Waals surface area (Å²) in [5.41, 5.74) is 0.968. The van der Waals surface area contributed by atoms with Gasteiger partial charge in [-0.15, -0.1) is 0 Å². The van der Waals surface area contributed by atoms with Gasteiger partial charge < -0.3 is 10.0 Å². The molecule has 1 saturated heterocycles. The van der Waals surface area contributed by atoms with Crippen molar-refractivity contribution in [2.24, 2.45) is 5.92 Å². The largest absolute Gasteiger partial charge is 0.390 e. The fourth-order valence-electron chi connectivity index (χ4n) is 3.18. The molecule has 1 N–H and O–H groups in total. The Balaban J connectivity index is 1.71. The molecule has 112 valence electrons.